The quantitative estimate of drug-likeness (QED) is 0.892. The van der Waals surface area contributed by atoms with Gasteiger partial charge in [-0.1, -0.05) is 12.1 Å². The topological polar surface area (TPSA) is 66.6 Å². The minimum Gasteiger partial charge on any atom is -0.323 e. The molecule has 2 unspecified atom stereocenters. The Morgan fingerprint density at radius 3 is 2.14 bits per heavy atom. The molecule has 1 aromatic rings. The third kappa shape index (κ3) is 4.00. The number of benzene rings is 1. The van der Waals surface area contributed by atoms with Gasteiger partial charge >= 0.3 is 0 Å². The number of hydrogen-bond donors (Lipinski definition) is 1. The molecular weight excluding hydrogens is 293 g/mol. The van der Waals surface area contributed by atoms with Gasteiger partial charge in [0.1, 0.15) is 5.82 Å². The molecule has 1 aliphatic rings. The molecule has 0 aromatic heterocycles. The van der Waals surface area contributed by atoms with Crippen LogP contribution in [0.2, 0.25) is 0 Å². The van der Waals surface area contributed by atoms with Crippen LogP contribution in [0.15, 0.2) is 24.3 Å². The Kier molecular flexibility index (Phi) is 4.98. The van der Waals surface area contributed by atoms with E-state index in [0.717, 1.165) is 5.56 Å². The van der Waals surface area contributed by atoms with Gasteiger partial charge in [0, 0.05) is 38.3 Å². The summed E-state index contributed by atoms with van der Waals surface area (Å²) < 4.78 is 37.4. The molecule has 1 aliphatic heterocycles. The van der Waals surface area contributed by atoms with Crippen molar-refractivity contribution in [2.24, 2.45) is 5.73 Å². The lowest BCUT2D eigenvalue weighted by molar-refractivity contribution is 0.130. The van der Waals surface area contributed by atoms with Crippen molar-refractivity contribution >= 4 is 10.0 Å². The first-order chi connectivity index (χ1) is 9.79. The zero-order chi connectivity index (χ0) is 15.6. The fraction of sp³-hybridized carbons (Fsp3) is 0.571. The number of halogens is 1. The number of nitrogens with two attached hydrogens (primary N) is 1. The monoisotopic (exact) mass is 315 g/mol. The van der Waals surface area contributed by atoms with Crippen molar-refractivity contribution in [1.29, 1.82) is 0 Å². The Labute approximate surface area is 125 Å². The van der Waals surface area contributed by atoms with Gasteiger partial charge in [-0.2, -0.15) is 4.31 Å². The Morgan fingerprint density at radius 2 is 1.67 bits per heavy atom. The van der Waals surface area contributed by atoms with Gasteiger partial charge in [0.05, 0.1) is 6.26 Å². The molecule has 21 heavy (non-hydrogen) atoms. The van der Waals surface area contributed by atoms with Crippen LogP contribution in [0.5, 0.6) is 0 Å². The summed E-state index contributed by atoms with van der Waals surface area (Å²) >= 11 is 0. The van der Waals surface area contributed by atoms with E-state index in [1.54, 1.807) is 12.1 Å². The minimum absolute atomic E-state index is 0.0668. The van der Waals surface area contributed by atoms with Crippen LogP contribution >= 0.6 is 0 Å². The van der Waals surface area contributed by atoms with E-state index < -0.39 is 10.0 Å². The minimum atomic E-state index is -3.12. The van der Waals surface area contributed by atoms with Crippen molar-refractivity contribution in [3.63, 3.8) is 0 Å². The maximum absolute atomic E-state index is 12.9. The first-order valence-corrected chi connectivity index (χ1v) is 8.84. The summed E-state index contributed by atoms with van der Waals surface area (Å²) in [6, 6.07) is 6.05. The van der Waals surface area contributed by atoms with E-state index >= 15 is 0 Å². The van der Waals surface area contributed by atoms with Crippen LogP contribution in [-0.4, -0.2) is 56.1 Å². The summed E-state index contributed by atoms with van der Waals surface area (Å²) in [5, 5.41) is 0. The lowest BCUT2D eigenvalue weighted by Crippen LogP contribution is -2.53. The Morgan fingerprint density at radius 1 is 1.14 bits per heavy atom. The van der Waals surface area contributed by atoms with Crippen LogP contribution in [0.1, 0.15) is 18.5 Å². The zero-order valence-electron chi connectivity index (χ0n) is 12.4. The summed E-state index contributed by atoms with van der Waals surface area (Å²) in [5.41, 5.74) is 7.13. The average Bonchev–Trinajstić information content (AvgIpc) is 2.46. The van der Waals surface area contributed by atoms with E-state index in [0.29, 0.717) is 26.2 Å². The molecule has 0 radical (unpaired) electrons. The van der Waals surface area contributed by atoms with Crippen LogP contribution in [0.25, 0.3) is 0 Å². The second-order valence-electron chi connectivity index (χ2n) is 5.52. The highest BCUT2D eigenvalue weighted by atomic mass is 32.2. The summed E-state index contributed by atoms with van der Waals surface area (Å²) in [7, 11) is -3.12. The predicted octanol–water partition coefficient (Wildman–Crippen LogP) is 0.791. The van der Waals surface area contributed by atoms with E-state index in [1.807, 2.05) is 6.92 Å². The molecule has 0 bridgehead atoms. The van der Waals surface area contributed by atoms with Crippen molar-refractivity contribution in [2.75, 3.05) is 32.4 Å². The Hall–Kier alpha value is -1.02. The number of hydrogen-bond acceptors (Lipinski definition) is 4. The first-order valence-electron chi connectivity index (χ1n) is 6.99. The van der Waals surface area contributed by atoms with Gasteiger partial charge in [0.15, 0.2) is 0 Å². The fourth-order valence-electron chi connectivity index (χ4n) is 2.63. The smallest absolute Gasteiger partial charge is 0.211 e. The summed E-state index contributed by atoms with van der Waals surface area (Å²) in [5.74, 6) is -0.277. The highest BCUT2D eigenvalue weighted by Crippen LogP contribution is 2.20. The van der Waals surface area contributed by atoms with E-state index in [9.17, 15) is 12.8 Å². The van der Waals surface area contributed by atoms with Crippen LogP contribution in [-0.2, 0) is 10.0 Å². The van der Waals surface area contributed by atoms with Crippen LogP contribution in [0.3, 0.4) is 0 Å². The molecule has 118 valence electrons. The van der Waals surface area contributed by atoms with Gasteiger partial charge in [-0.15, -0.1) is 0 Å². The molecule has 1 saturated heterocycles. The molecule has 0 aliphatic carbocycles. The van der Waals surface area contributed by atoms with E-state index in [2.05, 4.69) is 4.90 Å². The largest absolute Gasteiger partial charge is 0.323 e. The second kappa shape index (κ2) is 6.39. The van der Waals surface area contributed by atoms with Gasteiger partial charge < -0.3 is 5.73 Å². The van der Waals surface area contributed by atoms with Crippen LogP contribution in [0.4, 0.5) is 4.39 Å². The first kappa shape index (κ1) is 16.4. The molecule has 2 N–H and O–H groups in total. The molecule has 1 aromatic carbocycles. The number of sulfonamides is 1. The van der Waals surface area contributed by atoms with Crippen LogP contribution in [0, 0.1) is 5.82 Å². The molecular formula is C14H22FN3O2S. The maximum Gasteiger partial charge on any atom is 0.211 e. The highest BCUT2D eigenvalue weighted by Gasteiger charge is 2.28. The molecule has 1 heterocycles. The standard InChI is InChI=1S/C14H22FN3O2S/c1-11(14(16)12-3-5-13(15)6-4-12)17-7-9-18(10-8-17)21(2,19)20/h3-6,11,14H,7-10,16H2,1-2H3. The lowest BCUT2D eigenvalue weighted by atomic mass is 10.00. The summed E-state index contributed by atoms with van der Waals surface area (Å²) in [4.78, 5) is 2.18. The normalized spacial score (nSPS) is 21.1. The maximum atomic E-state index is 12.9. The van der Waals surface area contributed by atoms with Gasteiger partial charge in [-0.3, -0.25) is 4.90 Å². The summed E-state index contributed by atoms with van der Waals surface area (Å²) in [6.45, 7) is 4.30. The molecule has 7 heteroatoms. The number of rotatable bonds is 4. The van der Waals surface area contributed by atoms with Gasteiger partial charge in [0.2, 0.25) is 10.0 Å². The van der Waals surface area contributed by atoms with Gasteiger partial charge in [-0.25, -0.2) is 12.8 Å². The molecule has 0 saturated carbocycles. The number of nitrogens with zero attached hydrogens (tertiary/aromatic N) is 2. The average molecular weight is 315 g/mol. The third-order valence-electron chi connectivity index (χ3n) is 4.09. The molecule has 2 atom stereocenters. The highest BCUT2D eigenvalue weighted by molar-refractivity contribution is 7.88. The lowest BCUT2D eigenvalue weighted by Gasteiger charge is -2.39. The molecule has 0 spiro atoms. The van der Waals surface area contributed by atoms with Crippen LogP contribution < -0.4 is 5.73 Å². The van der Waals surface area contributed by atoms with E-state index in [4.69, 9.17) is 5.73 Å². The number of piperazine rings is 1. The third-order valence-corrected chi connectivity index (χ3v) is 5.40. The predicted molar refractivity (Wildman–Crippen MR) is 80.8 cm³/mol. The van der Waals surface area contributed by atoms with Crippen molar-refractivity contribution in [3.8, 4) is 0 Å². The Balaban J connectivity index is 1.98. The molecule has 1 fully saturated rings. The fourth-order valence-corrected chi connectivity index (χ4v) is 3.46. The second-order valence-corrected chi connectivity index (χ2v) is 7.50. The van der Waals surface area contributed by atoms with Crippen molar-refractivity contribution in [2.45, 2.75) is 19.0 Å². The molecule has 2 rings (SSSR count). The Bertz CT molecular complexity index is 568. The van der Waals surface area contributed by atoms with Crippen molar-refractivity contribution in [1.82, 2.24) is 9.21 Å². The molecule has 5 nitrogen and oxygen atoms in total. The van der Waals surface area contributed by atoms with Gasteiger partial charge in [0.25, 0.3) is 0 Å². The summed E-state index contributed by atoms with van der Waals surface area (Å²) in [6.07, 6.45) is 1.23. The van der Waals surface area contributed by atoms with E-state index in [1.165, 1.54) is 22.7 Å². The van der Waals surface area contributed by atoms with Gasteiger partial charge in [-0.05, 0) is 24.6 Å². The zero-order valence-corrected chi connectivity index (χ0v) is 13.2. The van der Waals surface area contributed by atoms with E-state index in [-0.39, 0.29) is 17.9 Å². The van der Waals surface area contributed by atoms with Crippen molar-refractivity contribution < 1.29 is 12.8 Å². The SMILES string of the molecule is CC(C(N)c1ccc(F)cc1)N1CCN(S(C)(=O)=O)CC1. The molecule has 0 amide bonds. The van der Waals surface area contributed by atoms with Crippen molar-refractivity contribution in [3.05, 3.63) is 35.6 Å².